The molecular formula is C18H28N6O2. The summed E-state index contributed by atoms with van der Waals surface area (Å²) in [5.41, 5.74) is 0.343. The van der Waals surface area contributed by atoms with E-state index in [1.807, 2.05) is 19.0 Å². The van der Waals surface area contributed by atoms with Crippen LogP contribution in [0.5, 0.6) is 0 Å². The minimum atomic E-state index is -0.129. The lowest BCUT2D eigenvalue weighted by atomic mass is 9.96. The molecule has 1 aromatic rings. The lowest BCUT2D eigenvalue weighted by molar-refractivity contribution is 0.0656. The van der Waals surface area contributed by atoms with Crippen molar-refractivity contribution in [3.8, 4) is 0 Å². The number of anilines is 1. The van der Waals surface area contributed by atoms with E-state index >= 15 is 0 Å². The van der Waals surface area contributed by atoms with Crippen LogP contribution >= 0.6 is 0 Å². The molecule has 1 N–H and O–H groups in total. The van der Waals surface area contributed by atoms with E-state index < -0.39 is 0 Å². The number of hydrogen-bond donors (Lipinski definition) is 1. The Labute approximate surface area is 154 Å². The molecule has 2 aliphatic rings. The number of nitrogens with one attached hydrogen (secondary N) is 1. The first-order valence-corrected chi connectivity index (χ1v) is 9.38. The molecule has 142 valence electrons. The Balaban J connectivity index is 1.49. The number of urea groups is 1. The van der Waals surface area contributed by atoms with Crippen molar-refractivity contribution < 1.29 is 9.59 Å². The van der Waals surface area contributed by atoms with E-state index in [1.165, 1.54) is 25.5 Å². The monoisotopic (exact) mass is 360 g/mol. The molecule has 1 aromatic heterocycles. The summed E-state index contributed by atoms with van der Waals surface area (Å²) in [6.07, 6.45) is 8.92. The number of carbonyl (C=O) groups excluding carboxylic acids is 2. The van der Waals surface area contributed by atoms with Gasteiger partial charge in [0.05, 0.1) is 12.4 Å². The second-order valence-corrected chi connectivity index (χ2v) is 7.22. The lowest BCUT2D eigenvalue weighted by Crippen LogP contribution is -2.54. The molecule has 0 atom stereocenters. The summed E-state index contributed by atoms with van der Waals surface area (Å²) in [6.45, 7) is 2.14. The Bertz CT molecular complexity index is 619. The largest absolute Gasteiger partial charge is 0.361 e. The van der Waals surface area contributed by atoms with Crippen molar-refractivity contribution >= 4 is 17.8 Å². The summed E-state index contributed by atoms with van der Waals surface area (Å²) in [4.78, 5) is 38.8. The SMILES string of the molecule is CN(C)c1cnc(C(=O)N2CCN(C(=O)NC3CCCCC3)CC2)cn1. The molecule has 26 heavy (non-hydrogen) atoms. The summed E-state index contributed by atoms with van der Waals surface area (Å²) in [7, 11) is 3.76. The van der Waals surface area contributed by atoms with Crippen molar-refractivity contribution in [2.45, 2.75) is 38.1 Å². The van der Waals surface area contributed by atoms with Crippen LogP contribution in [0, 0.1) is 0 Å². The number of hydrogen-bond acceptors (Lipinski definition) is 5. The van der Waals surface area contributed by atoms with Crippen molar-refractivity contribution in [3.05, 3.63) is 18.1 Å². The molecule has 1 saturated carbocycles. The Morgan fingerprint density at radius 1 is 1.00 bits per heavy atom. The Morgan fingerprint density at radius 3 is 2.23 bits per heavy atom. The fraction of sp³-hybridized carbons (Fsp3) is 0.667. The molecule has 1 saturated heterocycles. The van der Waals surface area contributed by atoms with Gasteiger partial charge in [0, 0.05) is 46.3 Å². The highest BCUT2D eigenvalue weighted by molar-refractivity contribution is 5.92. The predicted octanol–water partition coefficient (Wildman–Crippen LogP) is 1.34. The zero-order valence-corrected chi connectivity index (χ0v) is 15.6. The Morgan fingerprint density at radius 2 is 1.65 bits per heavy atom. The smallest absolute Gasteiger partial charge is 0.317 e. The van der Waals surface area contributed by atoms with Gasteiger partial charge in [-0.15, -0.1) is 0 Å². The van der Waals surface area contributed by atoms with Gasteiger partial charge in [0.1, 0.15) is 11.5 Å². The van der Waals surface area contributed by atoms with Gasteiger partial charge in [0.2, 0.25) is 0 Å². The van der Waals surface area contributed by atoms with Crippen LogP contribution in [0.25, 0.3) is 0 Å². The van der Waals surface area contributed by atoms with Crippen LogP contribution in [0.3, 0.4) is 0 Å². The molecular weight excluding hydrogens is 332 g/mol. The third kappa shape index (κ3) is 4.42. The number of amides is 3. The van der Waals surface area contributed by atoms with Crippen molar-refractivity contribution in [2.75, 3.05) is 45.2 Å². The number of carbonyl (C=O) groups is 2. The van der Waals surface area contributed by atoms with E-state index in [9.17, 15) is 9.59 Å². The van der Waals surface area contributed by atoms with E-state index in [4.69, 9.17) is 0 Å². The van der Waals surface area contributed by atoms with Crippen LogP contribution in [0.15, 0.2) is 12.4 Å². The lowest BCUT2D eigenvalue weighted by Gasteiger charge is -2.35. The first kappa shape index (κ1) is 18.4. The second kappa shape index (κ2) is 8.33. The van der Waals surface area contributed by atoms with E-state index in [2.05, 4.69) is 15.3 Å². The van der Waals surface area contributed by atoms with Gasteiger partial charge in [-0.25, -0.2) is 14.8 Å². The van der Waals surface area contributed by atoms with Gasteiger partial charge in [0.15, 0.2) is 0 Å². The minimum absolute atomic E-state index is 0.000809. The van der Waals surface area contributed by atoms with E-state index in [1.54, 1.807) is 16.0 Å². The number of nitrogens with zero attached hydrogens (tertiary/aromatic N) is 5. The normalized spacial score (nSPS) is 18.5. The number of piperazine rings is 1. The molecule has 8 nitrogen and oxygen atoms in total. The van der Waals surface area contributed by atoms with E-state index in [-0.39, 0.29) is 11.9 Å². The molecule has 1 aliphatic heterocycles. The Kier molecular flexibility index (Phi) is 5.90. The number of aromatic nitrogens is 2. The summed E-state index contributed by atoms with van der Waals surface area (Å²) < 4.78 is 0. The average Bonchev–Trinajstić information content (AvgIpc) is 2.68. The van der Waals surface area contributed by atoms with Crippen LogP contribution in [-0.4, -0.2) is 78.0 Å². The minimum Gasteiger partial charge on any atom is -0.361 e. The molecule has 0 spiro atoms. The van der Waals surface area contributed by atoms with Gasteiger partial charge in [-0.1, -0.05) is 19.3 Å². The van der Waals surface area contributed by atoms with Crippen LogP contribution < -0.4 is 10.2 Å². The van der Waals surface area contributed by atoms with Gasteiger partial charge in [-0.3, -0.25) is 4.79 Å². The van der Waals surface area contributed by atoms with Crippen molar-refractivity contribution in [2.24, 2.45) is 0 Å². The molecule has 3 amide bonds. The van der Waals surface area contributed by atoms with Gasteiger partial charge >= 0.3 is 6.03 Å². The highest BCUT2D eigenvalue weighted by Crippen LogP contribution is 2.18. The number of rotatable bonds is 3. The summed E-state index contributed by atoms with van der Waals surface area (Å²) in [6, 6.07) is 0.306. The average molecular weight is 360 g/mol. The fourth-order valence-electron chi connectivity index (χ4n) is 3.45. The molecule has 8 heteroatoms. The van der Waals surface area contributed by atoms with Crippen molar-refractivity contribution in [1.82, 2.24) is 25.1 Å². The summed E-state index contributed by atoms with van der Waals surface area (Å²) in [5, 5.41) is 3.14. The van der Waals surface area contributed by atoms with Crippen LogP contribution in [0.1, 0.15) is 42.6 Å². The van der Waals surface area contributed by atoms with Crippen molar-refractivity contribution in [3.63, 3.8) is 0 Å². The molecule has 0 bridgehead atoms. The molecule has 0 radical (unpaired) electrons. The molecule has 2 heterocycles. The topological polar surface area (TPSA) is 81.7 Å². The standard InChI is InChI=1S/C18H28N6O2/c1-22(2)16-13-19-15(12-20-16)17(25)23-8-10-24(11-9-23)18(26)21-14-6-4-3-5-7-14/h12-14H,3-11H2,1-2H3,(H,21,26). The first-order valence-electron chi connectivity index (χ1n) is 9.38. The van der Waals surface area contributed by atoms with Crippen LogP contribution in [0.4, 0.5) is 10.6 Å². The molecule has 1 aliphatic carbocycles. The Hall–Kier alpha value is -2.38. The molecule has 2 fully saturated rings. The maximum Gasteiger partial charge on any atom is 0.317 e. The van der Waals surface area contributed by atoms with E-state index in [0.29, 0.717) is 43.7 Å². The summed E-state index contributed by atoms with van der Waals surface area (Å²) in [5.74, 6) is 0.584. The highest BCUT2D eigenvalue weighted by Gasteiger charge is 2.27. The van der Waals surface area contributed by atoms with Gasteiger partial charge in [0.25, 0.3) is 5.91 Å². The fourth-order valence-corrected chi connectivity index (χ4v) is 3.45. The second-order valence-electron chi connectivity index (χ2n) is 7.22. The van der Waals surface area contributed by atoms with Gasteiger partial charge < -0.3 is 20.0 Å². The third-order valence-corrected chi connectivity index (χ3v) is 5.10. The van der Waals surface area contributed by atoms with Crippen molar-refractivity contribution in [1.29, 1.82) is 0 Å². The predicted molar refractivity (Wildman–Crippen MR) is 99.2 cm³/mol. The van der Waals surface area contributed by atoms with Gasteiger partial charge in [-0.2, -0.15) is 0 Å². The maximum atomic E-state index is 12.6. The highest BCUT2D eigenvalue weighted by atomic mass is 16.2. The van der Waals surface area contributed by atoms with Crippen LogP contribution in [-0.2, 0) is 0 Å². The maximum absolute atomic E-state index is 12.6. The third-order valence-electron chi connectivity index (χ3n) is 5.10. The van der Waals surface area contributed by atoms with Gasteiger partial charge in [-0.05, 0) is 12.8 Å². The molecule has 3 rings (SSSR count). The molecule has 0 unspecified atom stereocenters. The quantitative estimate of drug-likeness (QED) is 0.880. The summed E-state index contributed by atoms with van der Waals surface area (Å²) >= 11 is 0. The zero-order chi connectivity index (χ0) is 18.5. The van der Waals surface area contributed by atoms with E-state index in [0.717, 1.165) is 12.8 Å². The first-order chi connectivity index (χ1) is 12.5. The zero-order valence-electron chi connectivity index (χ0n) is 15.6. The van der Waals surface area contributed by atoms with Crippen LogP contribution in [0.2, 0.25) is 0 Å². The molecule has 0 aromatic carbocycles.